The monoisotopic (exact) mass is 257 g/mol. The summed E-state index contributed by atoms with van der Waals surface area (Å²) in [6.45, 7) is 8.17. The standard InChI is InChI=1S/C11H19N5.ClH/c1-9(2)14-10-3-4-13-11(15-10)16-7-5-12-6-8-16;/h3-4,9,12H,5-8H2,1-2H3,(H,13,14,15);1H. The molecule has 2 heterocycles. The second-order valence-corrected chi connectivity index (χ2v) is 4.28. The van der Waals surface area contributed by atoms with Crippen LogP contribution in [0.25, 0.3) is 0 Å². The number of rotatable bonds is 3. The molecule has 2 rings (SSSR count). The molecule has 0 spiro atoms. The summed E-state index contributed by atoms with van der Waals surface area (Å²) < 4.78 is 0. The van der Waals surface area contributed by atoms with Crippen LogP contribution >= 0.6 is 12.4 Å². The highest BCUT2D eigenvalue weighted by molar-refractivity contribution is 5.85. The first-order valence-corrected chi connectivity index (χ1v) is 5.81. The lowest BCUT2D eigenvalue weighted by Crippen LogP contribution is -2.44. The smallest absolute Gasteiger partial charge is 0.227 e. The van der Waals surface area contributed by atoms with E-state index in [0.29, 0.717) is 6.04 Å². The van der Waals surface area contributed by atoms with E-state index in [1.54, 1.807) is 0 Å². The lowest BCUT2D eigenvalue weighted by Gasteiger charge is -2.27. The highest BCUT2D eigenvalue weighted by Gasteiger charge is 2.13. The van der Waals surface area contributed by atoms with Crippen LogP contribution in [0.4, 0.5) is 11.8 Å². The molecular weight excluding hydrogens is 238 g/mol. The van der Waals surface area contributed by atoms with Gasteiger partial charge in [0.05, 0.1) is 0 Å². The minimum absolute atomic E-state index is 0. The zero-order valence-electron chi connectivity index (χ0n) is 10.3. The molecule has 1 aliphatic rings. The van der Waals surface area contributed by atoms with Crippen molar-refractivity contribution in [3.8, 4) is 0 Å². The Kier molecular flexibility index (Phi) is 5.44. The molecule has 1 fully saturated rings. The van der Waals surface area contributed by atoms with Crippen LogP contribution in [0.3, 0.4) is 0 Å². The SMILES string of the molecule is CC(C)Nc1ccnc(N2CCNCC2)n1.Cl. The maximum absolute atomic E-state index is 4.51. The molecule has 0 amide bonds. The third kappa shape index (κ3) is 4.02. The fourth-order valence-corrected chi connectivity index (χ4v) is 1.74. The Morgan fingerprint density at radius 2 is 2.06 bits per heavy atom. The first-order valence-electron chi connectivity index (χ1n) is 5.81. The Hall–Kier alpha value is -1.07. The number of anilines is 2. The van der Waals surface area contributed by atoms with Crippen LogP contribution in [0.2, 0.25) is 0 Å². The number of hydrogen-bond donors (Lipinski definition) is 2. The van der Waals surface area contributed by atoms with Crippen molar-refractivity contribution in [3.05, 3.63) is 12.3 Å². The van der Waals surface area contributed by atoms with E-state index in [9.17, 15) is 0 Å². The van der Waals surface area contributed by atoms with Crippen molar-refractivity contribution in [1.82, 2.24) is 15.3 Å². The van der Waals surface area contributed by atoms with Gasteiger partial charge in [0.2, 0.25) is 5.95 Å². The Morgan fingerprint density at radius 1 is 1.35 bits per heavy atom. The topological polar surface area (TPSA) is 53.1 Å². The molecule has 96 valence electrons. The lowest BCUT2D eigenvalue weighted by atomic mass is 10.4. The predicted octanol–water partition coefficient (Wildman–Crippen LogP) is 1.13. The van der Waals surface area contributed by atoms with Gasteiger partial charge in [-0.05, 0) is 19.9 Å². The maximum atomic E-state index is 4.51. The van der Waals surface area contributed by atoms with Crippen molar-refractivity contribution < 1.29 is 0 Å². The summed E-state index contributed by atoms with van der Waals surface area (Å²) in [5.74, 6) is 1.73. The fraction of sp³-hybridized carbons (Fsp3) is 0.636. The van der Waals surface area contributed by atoms with Gasteiger partial charge in [-0.2, -0.15) is 4.98 Å². The quantitative estimate of drug-likeness (QED) is 0.850. The first-order chi connectivity index (χ1) is 7.75. The number of piperazine rings is 1. The number of aromatic nitrogens is 2. The summed E-state index contributed by atoms with van der Waals surface area (Å²) in [6.07, 6.45) is 1.81. The minimum Gasteiger partial charge on any atom is -0.368 e. The molecule has 0 aromatic carbocycles. The zero-order valence-corrected chi connectivity index (χ0v) is 11.1. The van der Waals surface area contributed by atoms with Gasteiger partial charge in [0, 0.05) is 38.4 Å². The molecule has 17 heavy (non-hydrogen) atoms. The van der Waals surface area contributed by atoms with Gasteiger partial charge in [-0.1, -0.05) is 0 Å². The van der Waals surface area contributed by atoms with Crippen LogP contribution in [0.15, 0.2) is 12.3 Å². The van der Waals surface area contributed by atoms with E-state index in [1.165, 1.54) is 0 Å². The zero-order chi connectivity index (χ0) is 11.4. The van der Waals surface area contributed by atoms with Gasteiger partial charge in [0.25, 0.3) is 0 Å². The molecule has 1 aliphatic heterocycles. The summed E-state index contributed by atoms with van der Waals surface area (Å²) in [4.78, 5) is 11.0. The van der Waals surface area contributed by atoms with E-state index in [-0.39, 0.29) is 12.4 Å². The molecule has 1 aromatic rings. The second-order valence-electron chi connectivity index (χ2n) is 4.28. The van der Waals surface area contributed by atoms with Gasteiger partial charge < -0.3 is 15.5 Å². The van der Waals surface area contributed by atoms with Crippen LogP contribution in [-0.4, -0.2) is 42.2 Å². The van der Waals surface area contributed by atoms with Gasteiger partial charge in [0.1, 0.15) is 5.82 Å². The van der Waals surface area contributed by atoms with E-state index in [1.807, 2.05) is 12.3 Å². The number of halogens is 1. The van der Waals surface area contributed by atoms with Gasteiger partial charge in [0.15, 0.2) is 0 Å². The normalized spacial score (nSPS) is 15.6. The summed E-state index contributed by atoms with van der Waals surface area (Å²) >= 11 is 0. The predicted molar refractivity (Wildman–Crippen MR) is 73.1 cm³/mol. The molecule has 0 bridgehead atoms. The van der Waals surface area contributed by atoms with Crippen molar-refractivity contribution in [3.63, 3.8) is 0 Å². The molecular formula is C11H20ClN5. The van der Waals surface area contributed by atoms with E-state index >= 15 is 0 Å². The molecule has 0 saturated carbocycles. The Balaban J connectivity index is 0.00000144. The molecule has 2 N–H and O–H groups in total. The molecule has 6 heteroatoms. The average Bonchev–Trinajstić information content (AvgIpc) is 2.30. The van der Waals surface area contributed by atoms with Crippen molar-refractivity contribution in [2.24, 2.45) is 0 Å². The van der Waals surface area contributed by atoms with Crippen LogP contribution in [0.1, 0.15) is 13.8 Å². The van der Waals surface area contributed by atoms with Gasteiger partial charge in [-0.3, -0.25) is 0 Å². The van der Waals surface area contributed by atoms with Crippen molar-refractivity contribution in [2.75, 3.05) is 36.4 Å². The molecule has 5 nitrogen and oxygen atoms in total. The van der Waals surface area contributed by atoms with Gasteiger partial charge >= 0.3 is 0 Å². The van der Waals surface area contributed by atoms with E-state index in [2.05, 4.69) is 39.3 Å². The average molecular weight is 258 g/mol. The first kappa shape index (κ1) is 14.0. The van der Waals surface area contributed by atoms with Crippen LogP contribution in [0.5, 0.6) is 0 Å². The van der Waals surface area contributed by atoms with Gasteiger partial charge in [-0.25, -0.2) is 4.98 Å². The number of nitrogens with one attached hydrogen (secondary N) is 2. The van der Waals surface area contributed by atoms with E-state index in [0.717, 1.165) is 37.9 Å². The highest BCUT2D eigenvalue weighted by atomic mass is 35.5. The Labute approximate surface area is 108 Å². The summed E-state index contributed by atoms with van der Waals surface area (Å²) in [7, 11) is 0. The van der Waals surface area contributed by atoms with E-state index < -0.39 is 0 Å². The lowest BCUT2D eigenvalue weighted by molar-refractivity contribution is 0.580. The molecule has 0 unspecified atom stereocenters. The van der Waals surface area contributed by atoms with Crippen LogP contribution in [0, 0.1) is 0 Å². The molecule has 0 radical (unpaired) electrons. The third-order valence-corrected chi connectivity index (χ3v) is 2.48. The van der Waals surface area contributed by atoms with E-state index in [4.69, 9.17) is 0 Å². The summed E-state index contributed by atoms with van der Waals surface area (Å²) in [5.41, 5.74) is 0. The highest BCUT2D eigenvalue weighted by Crippen LogP contribution is 2.11. The largest absolute Gasteiger partial charge is 0.368 e. The Bertz CT molecular complexity index is 338. The fourth-order valence-electron chi connectivity index (χ4n) is 1.74. The van der Waals surface area contributed by atoms with Crippen LogP contribution < -0.4 is 15.5 Å². The molecule has 0 aliphatic carbocycles. The minimum atomic E-state index is 0. The maximum Gasteiger partial charge on any atom is 0.227 e. The molecule has 1 aromatic heterocycles. The summed E-state index contributed by atoms with van der Waals surface area (Å²) in [5, 5.41) is 6.61. The number of nitrogens with zero attached hydrogens (tertiary/aromatic N) is 3. The third-order valence-electron chi connectivity index (χ3n) is 2.48. The van der Waals surface area contributed by atoms with Crippen molar-refractivity contribution in [1.29, 1.82) is 0 Å². The second kappa shape index (κ2) is 6.61. The summed E-state index contributed by atoms with van der Waals surface area (Å²) in [6, 6.07) is 2.30. The molecule has 1 saturated heterocycles. The Morgan fingerprint density at radius 3 is 2.71 bits per heavy atom. The van der Waals surface area contributed by atoms with Crippen molar-refractivity contribution >= 4 is 24.2 Å². The van der Waals surface area contributed by atoms with Gasteiger partial charge in [-0.15, -0.1) is 12.4 Å². The van der Waals surface area contributed by atoms with Crippen LogP contribution in [-0.2, 0) is 0 Å². The number of hydrogen-bond acceptors (Lipinski definition) is 5. The van der Waals surface area contributed by atoms with Crippen molar-refractivity contribution in [2.45, 2.75) is 19.9 Å². The molecule has 0 atom stereocenters.